The number of benzene rings is 2. The van der Waals surface area contributed by atoms with Crippen LogP contribution in [0.4, 0.5) is 21.9 Å². The molecule has 0 spiro atoms. The van der Waals surface area contributed by atoms with Crippen molar-refractivity contribution < 1.29 is 4.79 Å². The van der Waals surface area contributed by atoms with Gasteiger partial charge in [0.05, 0.1) is 11.4 Å². The summed E-state index contributed by atoms with van der Waals surface area (Å²) in [5, 5.41) is 10.8. The Morgan fingerprint density at radius 2 is 1.65 bits per heavy atom. The summed E-state index contributed by atoms with van der Waals surface area (Å²) in [5.74, 6) is 0. The van der Waals surface area contributed by atoms with Crippen molar-refractivity contribution in [3.05, 3.63) is 53.6 Å². The Morgan fingerprint density at radius 1 is 1.00 bits per heavy atom. The quantitative estimate of drug-likeness (QED) is 0.803. The first-order chi connectivity index (χ1) is 9.54. The molecule has 0 atom stereocenters. The molecule has 2 aromatic rings. The molecule has 2 aromatic carbocycles. The second-order valence-corrected chi connectivity index (χ2v) is 4.55. The summed E-state index contributed by atoms with van der Waals surface area (Å²) in [4.78, 5) is 11.0. The van der Waals surface area contributed by atoms with Gasteiger partial charge in [-0.3, -0.25) is 0 Å². The van der Waals surface area contributed by atoms with E-state index in [0.29, 0.717) is 11.4 Å². The molecule has 3 N–H and O–H groups in total. The van der Waals surface area contributed by atoms with E-state index in [0.717, 1.165) is 16.8 Å². The van der Waals surface area contributed by atoms with Crippen LogP contribution in [0.2, 0.25) is 0 Å². The van der Waals surface area contributed by atoms with Gasteiger partial charge in [-0.2, -0.15) is 5.11 Å². The predicted molar refractivity (Wildman–Crippen MR) is 79.7 cm³/mol. The van der Waals surface area contributed by atoms with Crippen molar-refractivity contribution in [2.45, 2.75) is 13.8 Å². The number of aryl methyl sites for hydroxylation is 2. The molecular weight excluding hydrogens is 252 g/mol. The van der Waals surface area contributed by atoms with Gasteiger partial charge in [-0.1, -0.05) is 23.8 Å². The Bertz CT molecular complexity index is 647. The van der Waals surface area contributed by atoms with Gasteiger partial charge >= 0.3 is 6.03 Å². The zero-order valence-electron chi connectivity index (χ0n) is 11.4. The van der Waals surface area contributed by atoms with Crippen LogP contribution < -0.4 is 11.1 Å². The van der Waals surface area contributed by atoms with Gasteiger partial charge in [0.15, 0.2) is 0 Å². The van der Waals surface area contributed by atoms with Gasteiger partial charge in [0.1, 0.15) is 5.69 Å². The average molecular weight is 268 g/mol. The van der Waals surface area contributed by atoms with E-state index in [4.69, 9.17) is 5.73 Å². The highest BCUT2D eigenvalue weighted by atomic mass is 16.2. The molecule has 0 saturated heterocycles. The zero-order chi connectivity index (χ0) is 14.5. The first kappa shape index (κ1) is 13.7. The molecule has 0 radical (unpaired) electrons. The Morgan fingerprint density at radius 3 is 2.30 bits per heavy atom. The zero-order valence-corrected chi connectivity index (χ0v) is 11.4. The Labute approximate surface area is 117 Å². The van der Waals surface area contributed by atoms with Crippen LogP contribution in [0.5, 0.6) is 0 Å². The van der Waals surface area contributed by atoms with Crippen molar-refractivity contribution in [1.82, 2.24) is 0 Å². The maximum absolute atomic E-state index is 11.0. The van der Waals surface area contributed by atoms with Gasteiger partial charge in [-0.15, -0.1) is 5.11 Å². The highest BCUT2D eigenvalue weighted by molar-refractivity contribution is 5.91. The first-order valence-corrected chi connectivity index (χ1v) is 6.20. The number of primary amides is 1. The summed E-state index contributed by atoms with van der Waals surface area (Å²) in [6.07, 6.45) is 0. The molecule has 0 fully saturated rings. The molecule has 0 aliphatic rings. The lowest BCUT2D eigenvalue weighted by Crippen LogP contribution is -2.19. The molecule has 2 amide bonds. The molecule has 0 aliphatic carbocycles. The van der Waals surface area contributed by atoms with Crippen LogP contribution in [-0.2, 0) is 0 Å². The number of azo groups is 1. The van der Waals surface area contributed by atoms with Gasteiger partial charge in [0.2, 0.25) is 0 Å². The molecule has 0 bridgehead atoms. The molecule has 20 heavy (non-hydrogen) atoms. The predicted octanol–water partition coefficient (Wildman–Crippen LogP) is 4.21. The second kappa shape index (κ2) is 5.97. The van der Waals surface area contributed by atoms with Gasteiger partial charge in [0, 0.05) is 0 Å². The van der Waals surface area contributed by atoms with Crippen molar-refractivity contribution in [2.75, 3.05) is 5.32 Å². The van der Waals surface area contributed by atoms with Gasteiger partial charge < -0.3 is 11.1 Å². The number of hydrogen-bond acceptors (Lipinski definition) is 3. The van der Waals surface area contributed by atoms with Crippen LogP contribution in [0.15, 0.2) is 52.7 Å². The van der Waals surface area contributed by atoms with Crippen molar-refractivity contribution >= 4 is 23.1 Å². The van der Waals surface area contributed by atoms with E-state index >= 15 is 0 Å². The number of hydrogen-bond donors (Lipinski definition) is 2. The number of nitrogens with zero attached hydrogens (tertiary/aromatic N) is 2. The Hall–Kier alpha value is -2.69. The number of carbonyl (C=O) groups is 1. The lowest BCUT2D eigenvalue weighted by Gasteiger charge is -2.06. The van der Waals surface area contributed by atoms with E-state index < -0.39 is 6.03 Å². The third kappa shape index (κ3) is 3.65. The number of nitrogens with two attached hydrogens (primary N) is 1. The highest BCUT2D eigenvalue weighted by Crippen LogP contribution is 2.28. The van der Waals surface area contributed by atoms with Gasteiger partial charge in [-0.25, -0.2) is 4.79 Å². The van der Waals surface area contributed by atoms with Crippen LogP contribution in [0, 0.1) is 13.8 Å². The average Bonchev–Trinajstić information content (AvgIpc) is 2.39. The number of rotatable bonds is 3. The standard InChI is InChI=1S/C15H16N4O/c1-10-3-6-12(7-4-10)18-19-13-8-5-11(2)9-14(13)17-15(16)20/h3-9H,1-2H3,(H3,16,17,20). The van der Waals surface area contributed by atoms with Crippen LogP contribution in [0.1, 0.15) is 11.1 Å². The van der Waals surface area contributed by atoms with E-state index in [2.05, 4.69) is 15.5 Å². The fourth-order valence-electron chi connectivity index (χ4n) is 1.69. The number of urea groups is 1. The normalized spacial score (nSPS) is 10.7. The van der Waals surface area contributed by atoms with Crippen LogP contribution in [0.3, 0.4) is 0 Å². The number of nitrogens with one attached hydrogen (secondary N) is 1. The highest BCUT2D eigenvalue weighted by Gasteiger charge is 2.04. The molecule has 5 heteroatoms. The second-order valence-electron chi connectivity index (χ2n) is 4.55. The lowest BCUT2D eigenvalue weighted by atomic mass is 10.2. The maximum Gasteiger partial charge on any atom is 0.316 e. The summed E-state index contributed by atoms with van der Waals surface area (Å²) in [6, 6.07) is 12.6. The fourth-order valence-corrected chi connectivity index (χ4v) is 1.69. The van der Waals surface area contributed by atoms with Crippen LogP contribution in [-0.4, -0.2) is 6.03 Å². The monoisotopic (exact) mass is 268 g/mol. The molecule has 0 aliphatic heterocycles. The minimum Gasteiger partial charge on any atom is -0.351 e. The molecule has 2 rings (SSSR count). The smallest absolute Gasteiger partial charge is 0.316 e. The summed E-state index contributed by atoms with van der Waals surface area (Å²) < 4.78 is 0. The minimum atomic E-state index is -0.623. The van der Waals surface area contributed by atoms with E-state index in [1.165, 1.54) is 0 Å². The Balaban J connectivity index is 2.28. The molecular formula is C15H16N4O. The van der Waals surface area contributed by atoms with Crippen molar-refractivity contribution in [3.8, 4) is 0 Å². The van der Waals surface area contributed by atoms with E-state index in [-0.39, 0.29) is 0 Å². The summed E-state index contributed by atoms with van der Waals surface area (Å²) in [6.45, 7) is 3.93. The molecule has 5 nitrogen and oxygen atoms in total. The summed E-state index contributed by atoms with van der Waals surface area (Å²) >= 11 is 0. The van der Waals surface area contributed by atoms with Crippen molar-refractivity contribution in [2.24, 2.45) is 16.0 Å². The third-order valence-electron chi connectivity index (χ3n) is 2.72. The van der Waals surface area contributed by atoms with E-state index in [1.807, 2.05) is 44.2 Å². The minimum absolute atomic E-state index is 0.549. The third-order valence-corrected chi connectivity index (χ3v) is 2.72. The van der Waals surface area contributed by atoms with Crippen molar-refractivity contribution in [1.29, 1.82) is 0 Å². The molecule has 0 aromatic heterocycles. The molecule has 0 unspecified atom stereocenters. The largest absolute Gasteiger partial charge is 0.351 e. The molecule has 0 heterocycles. The topological polar surface area (TPSA) is 79.8 Å². The SMILES string of the molecule is Cc1ccc(N=Nc2ccc(C)cc2NC(N)=O)cc1. The lowest BCUT2D eigenvalue weighted by molar-refractivity contribution is 0.259. The van der Waals surface area contributed by atoms with Gasteiger partial charge in [0.25, 0.3) is 0 Å². The number of amides is 2. The van der Waals surface area contributed by atoms with Crippen LogP contribution in [0.25, 0.3) is 0 Å². The van der Waals surface area contributed by atoms with E-state index in [1.54, 1.807) is 12.1 Å². The molecule has 102 valence electrons. The fraction of sp³-hybridized carbons (Fsp3) is 0.133. The maximum atomic E-state index is 11.0. The van der Waals surface area contributed by atoms with Crippen LogP contribution >= 0.6 is 0 Å². The van der Waals surface area contributed by atoms with Gasteiger partial charge in [-0.05, 0) is 43.7 Å². The first-order valence-electron chi connectivity index (χ1n) is 6.20. The Kier molecular flexibility index (Phi) is 4.10. The van der Waals surface area contributed by atoms with Crippen molar-refractivity contribution in [3.63, 3.8) is 0 Å². The number of anilines is 1. The summed E-state index contributed by atoms with van der Waals surface area (Å²) in [5.41, 5.74) is 9.18. The summed E-state index contributed by atoms with van der Waals surface area (Å²) in [7, 11) is 0. The van der Waals surface area contributed by atoms with E-state index in [9.17, 15) is 4.79 Å². The number of carbonyl (C=O) groups excluding carboxylic acids is 1. The molecule has 0 saturated carbocycles.